The molecule has 1 unspecified atom stereocenters. The van der Waals surface area contributed by atoms with Crippen LogP contribution in [0.5, 0.6) is 0 Å². The van der Waals surface area contributed by atoms with Crippen molar-refractivity contribution in [3.63, 3.8) is 0 Å². The van der Waals surface area contributed by atoms with Gasteiger partial charge in [0, 0.05) is 24.0 Å². The first-order valence-corrected chi connectivity index (χ1v) is 8.31. The zero-order valence-corrected chi connectivity index (χ0v) is 13.9. The second-order valence-corrected chi connectivity index (χ2v) is 6.76. The predicted molar refractivity (Wildman–Crippen MR) is 85.5 cm³/mol. The number of hydrogen-bond donors (Lipinski definition) is 0. The molecular formula is C15H16BrClN2O2. The number of carbonyl (C=O) groups is 2. The van der Waals surface area contributed by atoms with Crippen molar-refractivity contribution in [3.05, 3.63) is 27.7 Å². The molecule has 112 valence electrons. The maximum absolute atomic E-state index is 12.8. The summed E-state index contributed by atoms with van der Waals surface area (Å²) in [7, 11) is 0. The average Bonchev–Trinajstić information content (AvgIpc) is 2.61. The minimum absolute atomic E-state index is 0.0134. The Bertz CT molecular complexity index is 593. The summed E-state index contributed by atoms with van der Waals surface area (Å²) in [6, 6.07) is 5.11. The van der Waals surface area contributed by atoms with Crippen molar-refractivity contribution in [1.82, 2.24) is 4.90 Å². The predicted octanol–water partition coefficient (Wildman–Crippen LogP) is 3.22. The molecule has 2 fully saturated rings. The summed E-state index contributed by atoms with van der Waals surface area (Å²) in [4.78, 5) is 28.5. The Balaban J connectivity index is 1.97. The van der Waals surface area contributed by atoms with Crippen LogP contribution in [-0.4, -0.2) is 35.8 Å². The van der Waals surface area contributed by atoms with Gasteiger partial charge in [-0.3, -0.25) is 9.59 Å². The van der Waals surface area contributed by atoms with Crippen molar-refractivity contribution in [3.8, 4) is 0 Å². The van der Waals surface area contributed by atoms with E-state index in [4.69, 9.17) is 11.6 Å². The highest BCUT2D eigenvalue weighted by molar-refractivity contribution is 9.10. The van der Waals surface area contributed by atoms with Gasteiger partial charge in [0.2, 0.25) is 11.8 Å². The van der Waals surface area contributed by atoms with Crippen LogP contribution in [0.25, 0.3) is 0 Å². The van der Waals surface area contributed by atoms with Gasteiger partial charge in [0.25, 0.3) is 0 Å². The van der Waals surface area contributed by atoms with Crippen molar-refractivity contribution in [2.75, 3.05) is 18.0 Å². The number of rotatable bonds is 1. The monoisotopic (exact) mass is 370 g/mol. The summed E-state index contributed by atoms with van der Waals surface area (Å²) in [6.07, 6.45) is 3.06. The standard InChI is InChI=1S/C15H16BrClN2O2/c16-10-4-5-11(17)13(9-10)19-8-6-14(20)18-7-2-1-3-12(18)15(19)21/h4-5,9,12H,1-3,6-8H2. The molecule has 2 amide bonds. The SMILES string of the molecule is O=C1C2CCCCN2C(=O)CCN1c1cc(Br)ccc1Cl. The number of piperidine rings is 1. The highest BCUT2D eigenvalue weighted by atomic mass is 79.9. The van der Waals surface area contributed by atoms with E-state index in [1.807, 2.05) is 12.1 Å². The van der Waals surface area contributed by atoms with E-state index in [9.17, 15) is 9.59 Å². The lowest BCUT2D eigenvalue weighted by molar-refractivity contribution is -0.138. The third-order valence-corrected chi connectivity index (χ3v) is 4.94. The minimum Gasteiger partial charge on any atom is -0.331 e. The molecule has 3 rings (SSSR count). The van der Waals surface area contributed by atoms with E-state index in [-0.39, 0.29) is 17.9 Å². The van der Waals surface area contributed by atoms with Gasteiger partial charge >= 0.3 is 0 Å². The topological polar surface area (TPSA) is 40.6 Å². The van der Waals surface area contributed by atoms with Gasteiger partial charge in [-0.1, -0.05) is 27.5 Å². The first-order chi connectivity index (χ1) is 10.1. The summed E-state index contributed by atoms with van der Waals surface area (Å²) in [5.41, 5.74) is 0.677. The number of fused-ring (bicyclic) bond motifs is 1. The lowest BCUT2D eigenvalue weighted by Crippen LogP contribution is -2.49. The molecule has 6 heteroatoms. The third kappa shape index (κ3) is 2.81. The Morgan fingerprint density at radius 1 is 1.19 bits per heavy atom. The zero-order chi connectivity index (χ0) is 15.0. The molecule has 0 N–H and O–H groups in total. The number of amides is 2. The summed E-state index contributed by atoms with van der Waals surface area (Å²) < 4.78 is 0.866. The van der Waals surface area contributed by atoms with Crippen LogP contribution in [0.1, 0.15) is 25.7 Å². The van der Waals surface area contributed by atoms with Crippen LogP contribution in [0.3, 0.4) is 0 Å². The number of carbonyl (C=O) groups excluding carboxylic acids is 2. The van der Waals surface area contributed by atoms with E-state index in [2.05, 4.69) is 15.9 Å². The van der Waals surface area contributed by atoms with Gasteiger partial charge in [-0.15, -0.1) is 0 Å². The molecule has 2 heterocycles. The van der Waals surface area contributed by atoms with Gasteiger partial charge in [0.05, 0.1) is 10.7 Å². The highest BCUT2D eigenvalue weighted by Crippen LogP contribution is 2.32. The number of nitrogens with zero attached hydrogens (tertiary/aromatic N) is 2. The first-order valence-electron chi connectivity index (χ1n) is 7.14. The molecule has 21 heavy (non-hydrogen) atoms. The fourth-order valence-corrected chi connectivity index (χ4v) is 3.63. The molecule has 0 spiro atoms. The molecule has 2 saturated heterocycles. The van der Waals surface area contributed by atoms with Crippen molar-refractivity contribution >= 4 is 45.0 Å². The van der Waals surface area contributed by atoms with Gasteiger partial charge < -0.3 is 9.80 Å². The second kappa shape index (κ2) is 5.97. The maximum Gasteiger partial charge on any atom is 0.249 e. The summed E-state index contributed by atoms with van der Waals surface area (Å²) in [5.74, 6) is 0.0576. The van der Waals surface area contributed by atoms with Crippen molar-refractivity contribution in [2.45, 2.75) is 31.7 Å². The molecule has 1 aromatic carbocycles. The van der Waals surface area contributed by atoms with Crippen LogP contribution in [0.4, 0.5) is 5.69 Å². The first kappa shape index (κ1) is 14.9. The quantitative estimate of drug-likeness (QED) is 0.760. The van der Waals surface area contributed by atoms with E-state index in [0.717, 1.165) is 23.7 Å². The van der Waals surface area contributed by atoms with Crippen LogP contribution in [0, 0.1) is 0 Å². The van der Waals surface area contributed by atoms with Gasteiger partial charge in [-0.25, -0.2) is 0 Å². The van der Waals surface area contributed by atoms with Gasteiger partial charge in [0.1, 0.15) is 6.04 Å². The number of anilines is 1. The Labute approximate surface area is 137 Å². The Morgan fingerprint density at radius 3 is 2.81 bits per heavy atom. The van der Waals surface area contributed by atoms with Crippen molar-refractivity contribution < 1.29 is 9.59 Å². The molecule has 2 aliphatic heterocycles. The minimum atomic E-state index is -0.330. The van der Waals surface area contributed by atoms with Crippen LogP contribution >= 0.6 is 27.5 Å². The summed E-state index contributed by atoms with van der Waals surface area (Å²) in [5, 5.41) is 0.531. The largest absolute Gasteiger partial charge is 0.331 e. The van der Waals surface area contributed by atoms with Crippen molar-refractivity contribution in [2.24, 2.45) is 0 Å². The van der Waals surface area contributed by atoms with Gasteiger partial charge in [-0.05, 0) is 37.5 Å². The lowest BCUT2D eigenvalue weighted by atomic mass is 10.0. The second-order valence-electron chi connectivity index (χ2n) is 5.43. The van der Waals surface area contributed by atoms with E-state index < -0.39 is 0 Å². The molecule has 0 aliphatic carbocycles. The normalized spacial score (nSPS) is 23.0. The van der Waals surface area contributed by atoms with Crippen LogP contribution in [0.15, 0.2) is 22.7 Å². The Morgan fingerprint density at radius 2 is 2.00 bits per heavy atom. The molecule has 0 bridgehead atoms. The number of hydrogen-bond acceptors (Lipinski definition) is 2. The van der Waals surface area contributed by atoms with E-state index in [0.29, 0.717) is 30.2 Å². The molecule has 2 aliphatic rings. The molecule has 0 aromatic heterocycles. The smallest absolute Gasteiger partial charge is 0.249 e. The fourth-order valence-electron chi connectivity index (χ4n) is 3.06. The molecule has 1 atom stereocenters. The van der Waals surface area contributed by atoms with Gasteiger partial charge in [-0.2, -0.15) is 0 Å². The van der Waals surface area contributed by atoms with E-state index in [1.165, 1.54) is 0 Å². The zero-order valence-electron chi connectivity index (χ0n) is 11.5. The fraction of sp³-hybridized carbons (Fsp3) is 0.467. The molecule has 0 saturated carbocycles. The summed E-state index contributed by atoms with van der Waals surface area (Å²) in [6.45, 7) is 1.08. The number of halogens is 2. The lowest BCUT2D eigenvalue weighted by Gasteiger charge is -2.34. The Kier molecular flexibility index (Phi) is 4.22. The van der Waals surface area contributed by atoms with Crippen LogP contribution in [-0.2, 0) is 9.59 Å². The average molecular weight is 372 g/mol. The molecular weight excluding hydrogens is 356 g/mol. The maximum atomic E-state index is 12.8. The van der Waals surface area contributed by atoms with Crippen LogP contribution < -0.4 is 4.90 Å². The number of benzene rings is 1. The summed E-state index contributed by atoms with van der Waals surface area (Å²) >= 11 is 9.66. The van der Waals surface area contributed by atoms with Crippen LogP contribution in [0.2, 0.25) is 5.02 Å². The van der Waals surface area contributed by atoms with Crippen molar-refractivity contribution in [1.29, 1.82) is 0 Å². The van der Waals surface area contributed by atoms with E-state index in [1.54, 1.807) is 15.9 Å². The molecule has 4 nitrogen and oxygen atoms in total. The third-order valence-electron chi connectivity index (χ3n) is 4.12. The molecule has 0 radical (unpaired) electrons. The van der Waals surface area contributed by atoms with E-state index >= 15 is 0 Å². The Hall–Kier alpha value is -1.07. The van der Waals surface area contributed by atoms with Gasteiger partial charge in [0.15, 0.2) is 0 Å². The molecule has 1 aromatic rings. The highest BCUT2D eigenvalue weighted by Gasteiger charge is 2.38.